The molecule has 0 amide bonds. The van der Waals surface area contributed by atoms with Gasteiger partial charge in [-0.2, -0.15) is 0 Å². The van der Waals surface area contributed by atoms with Gasteiger partial charge >= 0.3 is 0 Å². The minimum Gasteiger partial charge on any atom is -0.397 e. The minimum atomic E-state index is 0.359. The molecule has 1 aliphatic heterocycles. The van der Waals surface area contributed by atoms with Gasteiger partial charge in [-0.1, -0.05) is 19.1 Å². The van der Waals surface area contributed by atoms with Crippen molar-refractivity contribution in [2.45, 2.75) is 39.2 Å². The second kappa shape index (κ2) is 6.10. The van der Waals surface area contributed by atoms with Gasteiger partial charge in [-0.15, -0.1) is 0 Å². The van der Waals surface area contributed by atoms with E-state index in [1.165, 1.54) is 24.1 Å². The van der Waals surface area contributed by atoms with Gasteiger partial charge in [0.05, 0.1) is 17.5 Å². The second-order valence-corrected chi connectivity index (χ2v) is 5.09. The first-order valence-corrected chi connectivity index (χ1v) is 6.94. The molecule has 1 saturated heterocycles. The number of rotatable bonds is 4. The van der Waals surface area contributed by atoms with Crippen molar-refractivity contribution < 1.29 is 4.74 Å². The Morgan fingerprint density at radius 1 is 1.44 bits per heavy atom. The van der Waals surface area contributed by atoms with Crippen molar-refractivity contribution >= 4 is 11.4 Å². The van der Waals surface area contributed by atoms with Crippen molar-refractivity contribution in [3.63, 3.8) is 0 Å². The number of piperidine rings is 1. The van der Waals surface area contributed by atoms with Gasteiger partial charge in [0.25, 0.3) is 0 Å². The number of hydrogen-bond donors (Lipinski definition) is 1. The highest BCUT2D eigenvalue weighted by molar-refractivity contribution is 5.71. The Morgan fingerprint density at radius 3 is 3.00 bits per heavy atom. The molecule has 0 bridgehead atoms. The Morgan fingerprint density at radius 2 is 2.28 bits per heavy atom. The van der Waals surface area contributed by atoms with Gasteiger partial charge in [0.1, 0.15) is 0 Å². The molecule has 2 N–H and O–H groups in total. The summed E-state index contributed by atoms with van der Waals surface area (Å²) in [5.74, 6) is 0. The van der Waals surface area contributed by atoms with Crippen molar-refractivity contribution in [2.24, 2.45) is 0 Å². The van der Waals surface area contributed by atoms with E-state index in [1.54, 1.807) is 0 Å². The van der Waals surface area contributed by atoms with Crippen LogP contribution in [0.25, 0.3) is 0 Å². The standard InChI is InChI=1S/C15H24N2O/c1-3-10-18-13-7-5-9-17(11-13)15-12(2)6-4-8-14(15)16/h4,6,8,13H,3,5,7,9-11,16H2,1-2H3. The van der Waals surface area contributed by atoms with Gasteiger partial charge in [-0.25, -0.2) is 0 Å². The highest BCUT2D eigenvalue weighted by Crippen LogP contribution is 2.30. The lowest BCUT2D eigenvalue weighted by Gasteiger charge is -2.35. The fourth-order valence-corrected chi connectivity index (χ4v) is 2.68. The molecule has 1 unspecified atom stereocenters. The first-order valence-electron chi connectivity index (χ1n) is 6.94. The predicted molar refractivity (Wildman–Crippen MR) is 77.1 cm³/mol. The highest BCUT2D eigenvalue weighted by Gasteiger charge is 2.22. The lowest BCUT2D eigenvalue weighted by Crippen LogP contribution is -2.40. The van der Waals surface area contributed by atoms with Crippen molar-refractivity contribution in [3.8, 4) is 0 Å². The number of nitrogens with zero attached hydrogens (tertiary/aromatic N) is 1. The summed E-state index contributed by atoms with van der Waals surface area (Å²) in [5.41, 5.74) is 9.45. The minimum absolute atomic E-state index is 0.359. The van der Waals surface area contributed by atoms with Crippen LogP contribution in [0.5, 0.6) is 0 Å². The SMILES string of the molecule is CCCOC1CCCN(c2c(C)cccc2N)C1. The van der Waals surface area contributed by atoms with Crippen LogP contribution < -0.4 is 10.6 Å². The van der Waals surface area contributed by atoms with Gasteiger partial charge in [0.15, 0.2) is 0 Å². The third-order valence-electron chi connectivity index (χ3n) is 3.52. The van der Waals surface area contributed by atoms with Gasteiger partial charge in [-0.3, -0.25) is 0 Å². The summed E-state index contributed by atoms with van der Waals surface area (Å²) >= 11 is 0. The Kier molecular flexibility index (Phi) is 4.48. The first-order chi connectivity index (χ1) is 8.72. The van der Waals surface area contributed by atoms with Crippen LogP contribution in [0.15, 0.2) is 18.2 Å². The topological polar surface area (TPSA) is 38.5 Å². The molecular formula is C15H24N2O. The van der Waals surface area contributed by atoms with E-state index in [9.17, 15) is 0 Å². The molecule has 0 spiro atoms. The molecule has 0 saturated carbocycles. The molecule has 18 heavy (non-hydrogen) atoms. The van der Waals surface area contributed by atoms with Crippen molar-refractivity contribution in [3.05, 3.63) is 23.8 Å². The summed E-state index contributed by atoms with van der Waals surface area (Å²) in [6.07, 6.45) is 3.80. The van der Waals surface area contributed by atoms with Crippen LogP contribution in [0.4, 0.5) is 11.4 Å². The number of nitrogen functional groups attached to an aromatic ring is 1. The molecule has 100 valence electrons. The molecule has 1 aliphatic rings. The van der Waals surface area contributed by atoms with Crippen molar-refractivity contribution in [1.29, 1.82) is 0 Å². The zero-order chi connectivity index (χ0) is 13.0. The van der Waals surface area contributed by atoms with E-state index in [1.807, 2.05) is 12.1 Å². The van der Waals surface area contributed by atoms with Crippen molar-refractivity contribution in [1.82, 2.24) is 0 Å². The number of nitrogens with two attached hydrogens (primary N) is 1. The number of para-hydroxylation sites is 1. The van der Waals surface area contributed by atoms with Crippen LogP contribution >= 0.6 is 0 Å². The number of benzene rings is 1. The maximum Gasteiger partial charge on any atom is 0.0750 e. The van der Waals surface area contributed by atoms with E-state index in [4.69, 9.17) is 10.5 Å². The van der Waals surface area contributed by atoms with Crippen LogP contribution in [0, 0.1) is 6.92 Å². The predicted octanol–water partition coefficient (Wildman–Crippen LogP) is 2.97. The number of aryl methyl sites for hydroxylation is 1. The number of anilines is 2. The van der Waals surface area contributed by atoms with Gasteiger partial charge in [-0.05, 0) is 37.8 Å². The smallest absolute Gasteiger partial charge is 0.0750 e. The fourth-order valence-electron chi connectivity index (χ4n) is 2.68. The summed E-state index contributed by atoms with van der Waals surface area (Å²) in [5, 5.41) is 0. The number of ether oxygens (including phenoxy) is 1. The fraction of sp³-hybridized carbons (Fsp3) is 0.600. The van der Waals surface area contributed by atoms with Crippen LogP contribution in [0.1, 0.15) is 31.7 Å². The summed E-state index contributed by atoms with van der Waals surface area (Å²) in [4.78, 5) is 2.38. The lowest BCUT2D eigenvalue weighted by molar-refractivity contribution is 0.0441. The third kappa shape index (κ3) is 2.96. The maximum atomic E-state index is 6.12. The molecule has 0 aliphatic carbocycles. The molecule has 1 heterocycles. The third-order valence-corrected chi connectivity index (χ3v) is 3.52. The van der Waals surface area contributed by atoms with Crippen LogP contribution in [0.2, 0.25) is 0 Å². The van der Waals surface area contributed by atoms with Crippen LogP contribution in [-0.2, 0) is 4.74 Å². The number of hydrogen-bond acceptors (Lipinski definition) is 3. The summed E-state index contributed by atoms with van der Waals surface area (Å²) < 4.78 is 5.88. The van der Waals surface area contributed by atoms with E-state index < -0.39 is 0 Å². The molecule has 2 rings (SSSR count). The largest absolute Gasteiger partial charge is 0.397 e. The molecular weight excluding hydrogens is 224 g/mol. The lowest BCUT2D eigenvalue weighted by atomic mass is 10.0. The Balaban J connectivity index is 2.08. The molecule has 1 fully saturated rings. The van der Waals surface area contributed by atoms with E-state index in [2.05, 4.69) is 24.8 Å². The van der Waals surface area contributed by atoms with E-state index in [0.29, 0.717) is 6.10 Å². The molecule has 0 aromatic heterocycles. The zero-order valence-electron chi connectivity index (χ0n) is 11.5. The summed E-state index contributed by atoms with van der Waals surface area (Å²) in [7, 11) is 0. The molecule has 1 atom stereocenters. The Bertz CT molecular complexity index is 372. The Hall–Kier alpha value is -1.22. The van der Waals surface area contributed by atoms with E-state index in [-0.39, 0.29) is 0 Å². The average Bonchev–Trinajstić information content (AvgIpc) is 2.37. The molecule has 0 radical (unpaired) electrons. The monoisotopic (exact) mass is 248 g/mol. The highest BCUT2D eigenvalue weighted by atomic mass is 16.5. The zero-order valence-corrected chi connectivity index (χ0v) is 11.5. The van der Waals surface area contributed by atoms with E-state index >= 15 is 0 Å². The van der Waals surface area contributed by atoms with Gasteiger partial charge < -0.3 is 15.4 Å². The quantitative estimate of drug-likeness (QED) is 0.833. The molecule has 3 nitrogen and oxygen atoms in total. The maximum absolute atomic E-state index is 6.12. The van der Waals surface area contributed by atoms with Crippen LogP contribution in [-0.4, -0.2) is 25.8 Å². The normalized spacial score (nSPS) is 20.1. The Labute approximate surface area is 110 Å². The van der Waals surface area contributed by atoms with Gasteiger partial charge in [0, 0.05) is 19.7 Å². The summed E-state index contributed by atoms with van der Waals surface area (Å²) in [6.45, 7) is 7.19. The average molecular weight is 248 g/mol. The summed E-state index contributed by atoms with van der Waals surface area (Å²) in [6, 6.07) is 6.13. The second-order valence-electron chi connectivity index (χ2n) is 5.09. The molecule has 3 heteroatoms. The van der Waals surface area contributed by atoms with Crippen LogP contribution in [0.3, 0.4) is 0 Å². The van der Waals surface area contributed by atoms with Crippen molar-refractivity contribution in [2.75, 3.05) is 30.3 Å². The molecule has 1 aromatic carbocycles. The van der Waals surface area contributed by atoms with E-state index in [0.717, 1.165) is 31.8 Å². The molecule has 1 aromatic rings. The first kappa shape index (κ1) is 13.2. The van der Waals surface area contributed by atoms with Gasteiger partial charge in [0.2, 0.25) is 0 Å².